The van der Waals surface area contributed by atoms with Crippen LogP contribution in [0.2, 0.25) is 0 Å². The van der Waals surface area contributed by atoms with Crippen molar-refractivity contribution in [2.75, 3.05) is 6.54 Å². The molecule has 1 aromatic carbocycles. The molecule has 1 unspecified atom stereocenters. The average Bonchev–Trinajstić information content (AvgIpc) is 2.42. The quantitative estimate of drug-likeness (QED) is 0.767. The number of hydrogen-bond donors (Lipinski definition) is 2. The number of carbonyl (C=O) groups excluding carboxylic acids is 1. The lowest BCUT2D eigenvalue weighted by Gasteiger charge is -2.11. The summed E-state index contributed by atoms with van der Waals surface area (Å²) in [6.45, 7) is 1.98. The highest BCUT2D eigenvalue weighted by Crippen LogP contribution is 2.22. The molecule has 0 spiro atoms. The van der Waals surface area contributed by atoms with Crippen LogP contribution < -0.4 is 10.1 Å². The molecule has 0 bridgehead atoms. The lowest BCUT2D eigenvalue weighted by Crippen LogP contribution is -2.29. The van der Waals surface area contributed by atoms with Crippen LogP contribution in [0.3, 0.4) is 0 Å². The molecule has 0 radical (unpaired) electrons. The third kappa shape index (κ3) is 8.70. The van der Waals surface area contributed by atoms with Crippen LogP contribution in [-0.4, -0.2) is 29.9 Å². The Balaban J connectivity index is 2.34. The van der Waals surface area contributed by atoms with Gasteiger partial charge in [-0.3, -0.25) is 9.59 Å². The Bertz CT molecular complexity index is 529. The van der Waals surface area contributed by atoms with E-state index in [-0.39, 0.29) is 37.0 Å². The number of carboxylic acids is 1. The topological polar surface area (TPSA) is 75.6 Å². The number of carboxylic acid groups (broad SMARTS) is 1. The molecule has 1 atom stereocenters. The van der Waals surface area contributed by atoms with Crippen LogP contribution in [0.4, 0.5) is 13.2 Å². The molecule has 0 aliphatic heterocycles. The summed E-state index contributed by atoms with van der Waals surface area (Å²) in [5.74, 6) is -1.64. The van der Waals surface area contributed by atoms with Gasteiger partial charge in [-0.25, -0.2) is 0 Å². The van der Waals surface area contributed by atoms with Crippen molar-refractivity contribution in [1.29, 1.82) is 0 Å². The molecule has 0 heterocycles. The fourth-order valence-electron chi connectivity index (χ4n) is 1.86. The van der Waals surface area contributed by atoms with Gasteiger partial charge in [-0.15, -0.1) is 13.2 Å². The van der Waals surface area contributed by atoms with E-state index >= 15 is 0 Å². The smallest absolute Gasteiger partial charge is 0.481 e. The number of halogens is 3. The molecular formula is C15H18F3NO4. The first-order chi connectivity index (χ1) is 10.7. The number of benzene rings is 1. The number of amides is 1. The second-order valence-corrected chi connectivity index (χ2v) is 5.20. The van der Waals surface area contributed by atoms with E-state index in [2.05, 4.69) is 10.1 Å². The summed E-state index contributed by atoms with van der Waals surface area (Å²) >= 11 is 0. The van der Waals surface area contributed by atoms with Gasteiger partial charge in [-0.05, 0) is 30.0 Å². The van der Waals surface area contributed by atoms with Gasteiger partial charge < -0.3 is 15.2 Å². The molecule has 8 heteroatoms. The van der Waals surface area contributed by atoms with E-state index in [0.29, 0.717) is 12.0 Å². The Morgan fingerprint density at radius 3 is 2.39 bits per heavy atom. The average molecular weight is 333 g/mol. The van der Waals surface area contributed by atoms with Gasteiger partial charge in [0.05, 0.1) is 0 Å². The molecular weight excluding hydrogens is 315 g/mol. The van der Waals surface area contributed by atoms with E-state index in [1.807, 2.05) is 0 Å². The van der Waals surface area contributed by atoms with Crippen molar-refractivity contribution in [3.8, 4) is 5.75 Å². The zero-order valence-electron chi connectivity index (χ0n) is 12.5. The second-order valence-electron chi connectivity index (χ2n) is 5.20. The van der Waals surface area contributed by atoms with E-state index in [4.69, 9.17) is 5.11 Å². The number of carbonyl (C=O) groups is 2. The maximum Gasteiger partial charge on any atom is 0.573 e. The maximum atomic E-state index is 12.0. The standard InChI is InChI=1S/C15H18F3NO4/c1-10(8-14(21)22)9-19-13(20)7-4-11-2-5-12(6-3-11)23-15(16,17)18/h2-3,5-6,10H,4,7-9H2,1H3,(H,19,20)(H,21,22). The minimum atomic E-state index is -4.73. The summed E-state index contributed by atoms with van der Waals surface area (Å²) in [5.41, 5.74) is 0.702. The molecule has 0 saturated carbocycles. The Morgan fingerprint density at radius 1 is 1.26 bits per heavy atom. The van der Waals surface area contributed by atoms with E-state index < -0.39 is 12.3 Å². The van der Waals surface area contributed by atoms with Gasteiger partial charge in [0.25, 0.3) is 0 Å². The van der Waals surface area contributed by atoms with Crippen LogP contribution in [0.15, 0.2) is 24.3 Å². The molecule has 5 nitrogen and oxygen atoms in total. The zero-order valence-corrected chi connectivity index (χ0v) is 12.5. The molecule has 128 valence electrons. The first-order valence-electron chi connectivity index (χ1n) is 6.99. The van der Waals surface area contributed by atoms with Crippen molar-refractivity contribution in [3.05, 3.63) is 29.8 Å². The van der Waals surface area contributed by atoms with Crippen LogP contribution in [0, 0.1) is 5.92 Å². The Hall–Kier alpha value is -2.25. The number of ether oxygens (including phenoxy) is 1. The van der Waals surface area contributed by atoms with Crippen LogP contribution in [0.5, 0.6) is 5.75 Å². The van der Waals surface area contributed by atoms with Gasteiger partial charge in [0.15, 0.2) is 0 Å². The van der Waals surface area contributed by atoms with E-state index in [1.54, 1.807) is 6.92 Å². The molecule has 0 aliphatic rings. The third-order valence-electron chi connectivity index (χ3n) is 2.97. The summed E-state index contributed by atoms with van der Waals surface area (Å²) in [6.07, 6.45) is -4.22. The molecule has 1 rings (SSSR count). The van der Waals surface area contributed by atoms with Gasteiger partial charge >= 0.3 is 12.3 Å². The first-order valence-corrected chi connectivity index (χ1v) is 6.99. The molecule has 2 N–H and O–H groups in total. The Labute approximate surface area is 131 Å². The zero-order chi connectivity index (χ0) is 17.5. The third-order valence-corrected chi connectivity index (χ3v) is 2.97. The summed E-state index contributed by atoms with van der Waals surface area (Å²) in [6, 6.07) is 5.30. The molecule has 0 saturated heterocycles. The van der Waals surface area contributed by atoms with E-state index in [9.17, 15) is 22.8 Å². The number of aliphatic carboxylic acids is 1. The highest BCUT2D eigenvalue weighted by atomic mass is 19.4. The minimum absolute atomic E-state index is 0.0268. The number of aryl methyl sites for hydroxylation is 1. The maximum absolute atomic E-state index is 12.0. The van der Waals surface area contributed by atoms with Crippen molar-refractivity contribution < 1.29 is 32.6 Å². The van der Waals surface area contributed by atoms with Crippen LogP contribution in [0.1, 0.15) is 25.3 Å². The lowest BCUT2D eigenvalue weighted by atomic mass is 10.1. The Kier molecular flexibility index (Phi) is 6.87. The molecule has 0 aromatic heterocycles. The first kappa shape index (κ1) is 18.8. The summed E-state index contributed by atoms with van der Waals surface area (Å²) in [7, 11) is 0. The monoisotopic (exact) mass is 333 g/mol. The predicted octanol–water partition coefficient (Wildman–Crippen LogP) is 2.74. The van der Waals surface area contributed by atoms with Crippen molar-refractivity contribution in [3.63, 3.8) is 0 Å². The van der Waals surface area contributed by atoms with Crippen molar-refractivity contribution in [2.24, 2.45) is 5.92 Å². The fraction of sp³-hybridized carbons (Fsp3) is 0.467. The minimum Gasteiger partial charge on any atom is -0.481 e. The SMILES string of the molecule is CC(CNC(=O)CCc1ccc(OC(F)(F)F)cc1)CC(=O)O. The molecule has 1 amide bonds. The highest BCUT2D eigenvalue weighted by molar-refractivity contribution is 5.76. The number of rotatable bonds is 8. The number of hydrogen-bond acceptors (Lipinski definition) is 3. The van der Waals surface area contributed by atoms with Crippen molar-refractivity contribution in [2.45, 2.75) is 32.5 Å². The normalized spacial score (nSPS) is 12.5. The van der Waals surface area contributed by atoms with Crippen LogP contribution in [-0.2, 0) is 16.0 Å². The molecule has 23 heavy (non-hydrogen) atoms. The fourth-order valence-corrected chi connectivity index (χ4v) is 1.86. The molecule has 0 fully saturated rings. The molecule has 0 aliphatic carbocycles. The van der Waals surface area contributed by atoms with E-state index in [0.717, 1.165) is 0 Å². The largest absolute Gasteiger partial charge is 0.573 e. The summed E-state index contributed by atoms with van der Waals surface area (Å²) in [5, 5.41) is 11.2. The van der Waals surface area contributed by atoms with Crippen molar-refractivity contribution >= 4 is 11.9 Å². The molecule has 1 aromatic rings. The number of alkyl halides is 3. The highest BCUT2D eigenvalue weighted by Gasteiger charge is 2.30. The summed E-state index contributed by atoms with van der Waals surface area (Å²) in [4.78, 5) is 22.1. The van der Waals surface area contributed by atoms with Gasteiger partial charge in [-0.2, -0.15) is 0 Å². The van der Waals surface area contributed by atoms with Gasteiger partial charge in [0.2, 0.25) is 5.91 Å². The summed E-state index contributed by atoms with van der Waals surface area (Å²) < 4.78 is 39.8. The van der Waals surface area contributed by atoms with E-state index in [1.165, 1.54) is 24.3 Å². The predicted molar refractivity (Wildman–Crippen MR) is 75.9 cm³/mol. The van der Waals surface area contributed by atoms with Gasteiger partial charge in [0.1, 0.15) is 5.75 Å². The second kappa shape index (κ2) is 8.40. The van der Waals surface area contributed by atoms with Gasteiger partial charge in [0, 0.05) is 19.4 Å². The number of nitrogens with one attached hydrogen (secondary N) is 1. The van der Waals surface area contributed by atoms with Crippen LogP contribution in [0.25, 0.3) is 0 Å². The van der Waals surface area contributed by atoms with Crippen LogP contribution >= 0.6 is 0 Å². The Morgan fingerprint density at radius 2 is 1.87 bits per heavy atom. The lowest BCUT2D eigenvalue weighted by molar-refractivity contribution is -0.274. The van der Waals surface area contributed by atoms with Gasteiger partial charge in [-0.1, -0.05) is 19.1 Å². The van der Waals surface area contributed by atoms with Crippen molar-refractivity contribution in [1.82, 2.24) is 5.32 Å².